The molecule has 26 heavy (non-hydrogen) atoms. The number of carboxylic acid groups (broad SMARTS) is 1. The van der Waals surface area contributed by atoms with E-state index in [0.29, 0.717) is 11.8 Å². The highest BCUT2D eigenvalue weighted by Crippen LogP contribution is 2.52. The molecule has 0 aromatic heterocycles. The van der Waals surface area contributed by atoms with Crippen LogP contribution in [0.2, 0.25) is 0 Å². The molecule has 4 N–H and O–H groups in total. The molecule has 1 rings (SSSR count). The Labute approximate surface area is 153 Å². The number of phosphoric acid groups is 1. The van der Waals surface area contributed by atoms with Crippen molar-refractivity contribution in [3.63, 3.8) is 0 Å². The SMILES string of the molecule is CC1(C)COP(=O)(O)O[C@H]1C(=O)NCCC(=O)NCCSC(=O)C(=O)O. The van der Waals surface area contributed by atoms with Crippen molar-refractivity contribution in [3.05, 3.63) is 0 Å². The summed E-state index contributed by atoms with van der Waals surface area (Å²) in [5.41, 5.74) is -0.823. The normalized spacial score (nSPS) is 24.5. The lowest BCUT2D eigenvalue weighted by Gasteiger charge is -2.38. The second-order valence-electron chi connectivity index (χ2n) is 6.05. The molecule has 0 aliphatic carbocycles. The maximum absolute atomic E-state index is 12.1. The smallest absolute Gasteiger partial charge is 0.472 e. The van der Waals surface area contributed by atoms with E-state index >= 15 is 0 Å². The van der Waals surface area contributed by atoms with E-state index in [0.717, 1.165) is 0 Å². The highest BCUT2D eigenvalue weighted by atomic mass is 32.2. The van der Waals surface area contributed by atoms with E-state index < -0.39 is 42.2 Å². The highest BCUT2D eigenvalue weighted by molar-refractivity contribution is 8.15. The fourth-order valence-electron chi connectivity index (χ4n) is 1.91. The number of carboxylic acids is 1. The van der Waals surface area contributed by atoms with Crippen LogP contribution in [0.25, 0.3) is 0 Å². The minimum absolute atomic E-state index is 0.0294. The van der Waals surface area contributed by atoms with E-state index in [-0.39, 0.29) is 31.9 Å². The zero-order valence-electron chi connectivity index (χ0n) is 14.2. The molecule has 0 saturated carbocycles. The number of hydrogen-bond acceptors (Lipinski definition) is 8. The molecule has 1 unspecified atom stereocenters. The van der Waals surface area contributed by atoms with Gasteiger partial charge in [-0.3, -0.25) is 23.4 Å². The minimum atomic E-state index is -4.27. The first-order valence-corrected chi connectivity index (χ1v) is 10.0. The third-order valence-corrected chi connectivity index (χ3v) is 5.05. The molecule has 1 heterocycles. The second kappa shape index (κ2) is 9.47. The van der Waals surface area contributed by atoms with Crippen molar-refractivity contribution in [3.8, 4) is 0 Å². The fraction of sp³-hybridized carbons (Fsp3) is 0.692. The molecule has 13 heteroatoms. The summed E-state index contributed by atoms with van der Waals surface area (Å²) in [6, 6.07) is 0. The Hall–Kier alpha value is -1.46. The van der Waals surface area contributed by atoms with Crippen LogP contribution in [0.5, 0.6) is 0 Å². The Morgan fingerprint density at radius 2 is 1.88 bits per heavy atom. The number of phosphoric ester groups is 1. The number of nitrogens with one attached hydrogen (secondary N) is 2. The van der Waals surface area contributed by atoms with Crippen LogP contribution in [0.3, 0.4) is 0 Å². The number of carbonyl (C=O) groups excluding carboxylic acids is 3. The molecule has 1 saturated heterocycles. The lowest BCUT2D eigenvalue weighted by molar-refractivity contribution is -0.144. The van der Waals surface area contributed by atoms with Gasteiger partial charge < -0.3 is 20.6 Å². The molecule has 2 amide bonds. The second-order valence-corrected chi connectivity index (χ2v) is 8.52. The highest BCUT2D eigenvalue weighted by Gasteiger charge is 2.47. The maximum Gasteiger partial charge on any atom is 0.472 e. The first kappa shape index (κ1) is 22.6. The number of aliphatic carboxylic acids is 1. The van der Waals surface area contributed by atoms with Crippen LogP contribution in [0.15, 0.2) is 0 Å². The van der Waals surface area contributed by atoms with E-state index in [4.69, 9.17) is 9.63 Å². The minimum Gasteiger partial charge on any atom is -0.475 e. The topological polar surface area (TPSA) is 168 Å². The van der Waals surface area contributed by atoms with Crippen LogP contribution in [-0.2, 0) is 32.8 Å². The van der Waals surface area contributed by atoms with Crippen LogP contribution in [0.1, 0.15) is 20.3 Å². The Kier molecular flexibility index (Phi) is 8.22. The van der Waals surface area contributed by atoms with Gasteiger partial charge in [-0.2, -0.15) is 0 Å². The lowest BCUT2D eigenvalue weighted by Crippen LogP contribution is -2.49. The molecule has 0 spiro atoms. The predicted octanol–water partition coefficient (Wildman–Crippen LogP) is -0.505. The number of rotatable bonds is 7. The average Bonchev–Trinajstić information content (AvgIpc) is 2.53. The number of carbonyl (C=O) groups is 4. The molecule has 1 aliphatic rings. The summed E-state index contributed by atoms with van der Waals surface area (Å²) >= 11 is 0.572. The van der Waals surface area contributed by atoms with Crippen molar-refractivity contribution in [1.29, 1.82) is 0 Å². The van der Waals surface area contributed by atoms with E-state index in [1.807, 2.05) is 0 Å². The summed E-state index contributed by atoms with van der Waals surface area (Å²) in [4.78, 5) is 54.2. The van der Waals surface area contributed by atoms with E-state index in [1.54, 1.807) is 13.8 Å². The van der Waals surface area contributed by atoms with Gasteiger partial charge in [0.05, 0.1) is 6.61 Å². The van der Waals surface area contributed by atoms with Crippen LogP contribution in [0, 0.1) is 5.41 Å². The Balaban J connectivity index is 2.30. The monoisotopic (exact) mass is 412 g/mol. The Bertz CT molecular complexity index is 625. The summed E-state index contributed by atoms with van der Waals surface area (Å²) in [5, 5.41) is 12.3. The third-order valence-electron chi connectivity index (χ3n) is 3.27. The molecule has 0 aromatic rings. The summed E-state index contributed by atoms with van der Waals surface area (Å²) < 4.78 is 21.0. The van der Waals surface area contributed by atoms with Gasteiger partial charge in [-0.1, -0.05) is 25.6 Å². The largest absolute Gasteiger partial charge is 0.475 e. The Morgan fingerprint density at radius 3 is 2.50 bits per heavy atom. The van der Waals surface area contributed by atoms with Gasteiger partial charge in [0.2, 0.25) is 11.8 Å². The molecule has 2 atom stereocenters. The first-order valence-electron chi connectivity index (χ1n) is 7.55. The first-order chi connectivity index (χ1) is 11.9. The van der Waals surface area contributed by atoms with Crippen LogP contribution < -0.4 is 10.6 Å². The van der Waals surface area contributed by atoms with Gasteiger partial charge >= 0.3 is 13.8 Å². The molecule has 1 fully saturated rings. The molecule has 1 aliphatic heterocycles. The number of amides is 2. The lowest BCUT2D eigenvalue weighted by atomic mass is 9.87. The van der Waals surface area contributed by atoms with E-state index in [2.05, 4.69) is 15.2 Å². The summed E-state index contributed by atoms with van der Waals surface area (Å²) in [5.74, 6) is -2.48. The van der Waals surface area contributed by atoms with Gasteiger partial charge in [0.25, 0.3) is 5.12 Å². The Morgan fingerprint density at radius 1 is 1.23 bits per heavy atom. The standard InChI is InChI=1S/C13H21N2O9PS/c1-13(2)7-23-25(21,22)24-9(13)10(17)15-4-3-8(16)14-5-6-26-12(20)11(18)19/h9H,3-7H2,1-2H3,(H,14,16)(H,15,17)(H,18,19)(H,21,22)/t9-/m0/s1. The average molecular weight is 412 g/mol. The van der Waals surface area contributed by atoms with Crippen molar-refractivity contribution < 1.29 is 42.8 Å². The van der Waals surface area contributed by atoms with Crippen LogP contribution in [0.4, 0.5) is 0 Å². The van der Waals surface area contributed by atoms with Gasteiger partial charge in [0, 0.05) is 30.7 Å². The van der Waals surface area contributed by atoms with E-state index in [1.165, 1.54) is 0 Å². The van der Waals surface area contributed by atoms with Gasteiger partial charge in [0.1, 0.15) is 0 Å². The summed E-state index contributed by atoms with van der Waals surface area (Å²) in [7, 11) is -4.27. The zero-order chi connectivity index (χ0) is 20.0. The van der Waals surface area contributed by atoms with Gasteiger partial charge in [0.15, 0.2) is 6.10 Å². The fourth-order valence-corrected chi connectivity index (χ4v) is 3.63. The molecule has 0 radical (unpaired) electrons. The quantitative estimate of drug-likeness (QED) is 0.243. The summed E-state index contributed by atoms with van der Waals surface area (Å²) in [6.45, 7) is 3.21. The van der Waals surface area contributed by atoms with Crippen molar-refractivity contribution >= 4 is 42.5 Å². The third kappa shape index (κ3) is 7.42. The van der Waals surface area contributed by atoms with Crippen molar-refractivity contribution in [2.24, 2.45) is 5.41 Å². The number of thioether (sulfide) groups is 1. The molecule has 0 aromatic carbocycles. The molecular formula is C13H21N2O9PS. The zero-order valence-corrected chi connectivity index (χ0v) is 15.9. The van der Waals surface area contributed by atoms with Crippen LogP contribution in [-0.4, -0.2) is 64.5 Å². The maximum atomic E-state index is 12.1. The molecule has 0 bridgehead atoms. The van der Waals surface area contributed by atoms with E-state index in [9.17, 15) is 28.6 Å². The molecule has 11 nitrogen and oxygen atoms in total. The van der Waals surface area contributed by atoms with Crippen molar-refractivity contribution in [2.75, 3.05) is 25.4 Å². The van der Waals surface area contributed by atoms with Gasteiger partial charge in [-0.05, 0) is 0 Å². The predicted molar refractivity (Wildman–Crippen MR) is 90.2 cm³/mol. The molecular weight excluding hydrogens is 391 g/mol. The van der Waals surface area contributed by atoms with Gasteiger partial charge in [-0.15, -0.1) is 0 Å². The van der Waals surface area contributed by atoms with Crippen molar-refractivity contribution in [1.82, 2.24) is 10.6 Å². The van der Waals surface area contributed by atoms with Crippen LogP contribution >= 0.6 is 19.6 Å². The van der Waals surface area contributed by atoms with Crippen molar-refractivity contribution in [2.45, 2.75) is 26.4 Å². The summed E-state index contributed by atoms with van der Waals surface area (Å²) in [6.07, 6.45) is -1.27. The van der Waals surface area contributed by atoms with Gasteiger partial charge in [-0.25, -0.2) is 9.36 Å². The number of hydrogen-bond donors (Lipinski definition) is 4. The molecule has 148 valence electrons.